The van der Waals surface area contributed by atoms with Crippen molar-refractivity contribution in [3.05, 3.63) is 41.7 Å². The lowest BCUT2D eigenvalue weighted by Gasteiger charge is -2.34. The Morgan fingerprint density at radius 1 is 1.00 bits per heavy atom. The molecule has 0 amide bonds. The van der Waals surface area contributed by atoms with Crippen molar-refractivity contribution in [2.24, 2.45) is 5.92 Å². The number of nitrogens with zero attached hydrogens (tertiary/aromatic N) is 4. The molecule has 4 rings (SSSR count). The van der Waals surface area contributed by atoms with Gasteiger partial charge in [0.05, 0.1) is 19.1 Å². The highest BCUT2D eigenvalue weighted by atomic mass is 15.6. The van der Waals surface area contributed by atoms with Crippen molar-refractivity contribution in [1.82, 2.24) is 20.2 Å². The summed E-state index contributed by atoms with van der Waals surface area (Å²) in [6.45, 7) is 4.79. The fraction of sp³-hybridized carbons (Fsp3) is 0.650. The third-order valence-corrected chi connectivity index (χ3v) is 6.15. The van der Waals surface area contributed by atoms with Crippen LogP contribution in [0.4, 0.5) is 0 Å². The van der Waals surface area contributed by atoms with Crippen LogP contribution in [0.2, 0.25) is 0 Å². The van der Waals surface area contributed by atoms with Crippen LogP contribution < -0.4 is 4.90 Å². The summed E-state index contributed by atoms with van der Waals surface area (Å²) >= 11 is 0. The molecule has 2 aliphatic rings. The molecule has 1 aromatic carbocycles. The topological polar surface area (TPSA) is 48.0 Å². The molecular formula is C20H30N5+. The van der Waals surface area contributed by atoms with Gasteiger partial charge in [0.15, 0.2) is 6.04 Å². The molecule has 1 saturated carbocycles. The van der Waals surface area contributed by atoms with E-state index in [1.807, 2.05) is 0 Å². The predicted molar refractivity (Wildman–Crippen MR) is 97.3 cm³/mol. The van der Waals surface area contributed by atoms with E-state index in [1.165, 1.54) is 63.6 Å². The van der Waals surface area contributed by atoms with Gasteiger partial charge in [-0.05, 0) is 42.0 Å². The molecule has 1 aliphatic carbocycles. The van der Waals surface area contributed by atoms with Crippen LogP contribution in [-0.4, -0.2) is 33.3 Å². The number of benzene rings is 1. The predicted octanol–water partition coefficient (Wildman–Crippen LogP) is 2.58. The van der Waals surface area contributed by atoms with Gasteiger partial charge in [0, 0.05) is 5.56 Å². The molecule has 0 radical (unpaired) electrons. The second-order valence-electron chi connectivity index (χ2n) is 7.96. The Hall–Kier alpha value is -1.75. The first-order valence-electron chi connectivity index (χ1n) is 10.00. The molecule has 1 N–H and O–H groups in total. The van der Waals surface area contributed by atoms with Crippen LogP contribution >= 0.6 is 0 Å². The van der Waals surface area contributed by atoms with Gasteiger partial charge in [-0.3, -0.25) is 0 Å². The van der Waals surface area contributed by atoms with E-state index in [2.05, 4.69) is 57.5 Å². The van der Waals surface area contributed by atoms with Crippen LogP contribution in [0.15, 0.2) is 30.3 Å². The fourth-order valence-corrected chi connectivity index (χ4v) is 4.61. The zero-order valence-corrected chi connectivity index (χ0v) is 15.3. The van der Waals surface area contributed by atoms with Gasteiger partial charge in [0.1, 0.15) is 0 Å². The van der Waals surface area contributed by atoms with Crippen LogP contribution in [0.5, 0.6) is 0 Å². The van der Waals surface area contributed by atoms with Gasteiger partial charge < -0.3 is 4.90 Å². The summed E-state index contributed by atoms with van der Waals surface area (Å²) in [6, 6.07) is 11.6. The van der Waals surface area contributed by atoms with Crippen molar-refractivity contribution in [1.29, 1.82) is 0 Å². The molecule has 2 heterocycles. The first kappa shape index (κ1) is 16.7. The van der Waals surface area contributed by atoms with Gasteiger partial charge in [-0.2, -0.15) is 0 Å². The number of tetrazole rings is 1. The highest BCUT2D eigenvalue weighted by molar-refractivity contribution is 5.22. The normalized spacial score (nSPS) is 26.4. The fourth-order valence-electron chi connectivity index (χ4n) is 4.61. The molecule has 1 saturated heterocycles. The van der Waals surface area contributed by atoms with Crippen LogP contribution in [0, 0.1) is 5.92 Å². The minimum absolute atomic E-state index is 0.255. The van der Waals surface area contributed by atoms with Crippen molar-refractivity contribution in [2.45, 2.75) is 64.0 Å². The molecule has 1 aliphatic heterocycles. The van der Waals surface area contributed by atoms with E-state index in [-0.39, 0.29) is 6.04 Å². The number of likely N-dealkylation sites (tertiary alicyclic amines) is 1. The molecule has 0 bridgehead atoms. The number of nitrogens with one attached hydrogen (secondary N) is 1. The summed E-state index contributed by atoms with van der Waals surface area (Å²) in [4.78, 5) is 1.62. The smallest absolute Gasteiger partial charge is 0.214 e. The van der Waals surface area contributed by atoms with Crippen molar-refractivity contribution < 1.29 is 4.90 Å². The number of rotatable bonds is 4. The van der Waals surface area contributed by atoms with Crippen molar-refractivity contribution in [2.75, 3.05) is 13.1 Å². The molecule has 2 aromatic rings. The lowest BCUT2D eigenvalue weighted by atomic mass is 9.93. The number of aromatic nitrogens is 4. The van der Waals surface area contributed by atoms with E-state index in [0.29, 0.717) is 6.04 Å². The summed E-state index contributed by atoms with van der Waals surface area (Å²) < 4.78 is 2.17. The molecule has 1 atom stereocenters. The van der Waals surface area contributed by atoms with Gasteiger partial charge in [0.2, 0.25) is 5.82 Å². The first-order valence-corrected chi connectivity index (χ1v) is 10.00. The molecular weight excluding hydrogens is 310 g/mol. The summed E-state index contributed by atoms with van der Waals surface area (Å²) in [6.07, 6.45) is 8.97. The molecule has 25 heavy (non-hydrogen) atoms. The zero-order chi connectivity index (χ0) is 17.1. The van der Waals surface area contributed by atoms with E-state index in [4.69, 9.17) is 0 Å². The lowest BCUT2D eigenvalue weighted by Crippen LogP contribution is -3.13. The average molecular weight is 340 g/mol. The standard InChI is InChI=1S/C20H29N5/c1-16-12-14-24(15-13-16)19(17-8-4-2-5-9-17)20-21-22-23-25(20)18-10-6-3-7-11-18/h2,4-5,8-9,16,18-19H,3,6-7,10-15H2,1H3/p+1/t19-/m0/s1. The summed E-state index contributed by atoms with van der Waals surface area (Å²) in [7, 11) is 0. The molecule has 0 spiro atoms. The Bertz CT molecular complexity index is 654. The van der Waals surface area contributed by atoms with Crippen LogP contribution in [0.1, 0.15) is 75.3 Å². The van der Waals surface area contributed by atoms with Gasteiger partial charge in [-0.1, -0.05) is 56.5 Å². The maximum atomic E-state index is 4.54. The second-order valence-corrected chi connectivity index (χ2v) is 7.96. The summed E-state index contributed by atoms with van der Waals surface area (Å²) in [5.41, 5.74) is 1.35. The van der Waals surface area contributed by atoms with E-state index < -0.39 is 0 Å². The van der Waals surface area contributed by atoms with Gasteiger partial charge in [0.25, 0.3) is 0 Å². The van der Waals surface area contributed by atoms with Crippen molar-refractivity contribution in [3.8, 4) is 0 Å². The number of hydrogen-bond acceptors (Lipinski definition) is 3. The highest BCUT2D eigenvalue weighted by Crippen LogP contribution is 2.30. The highest BCUT2D eigenvalue weighted by Gasteiger charge is 2.35. The largest absolute Gasteiger partial charge is 0.322 e. The van der Waals surface area contributed by atoms with Crippen LogP contribution in [-0.2, 0) is 0 Å². The van der Waals surface area contributed by atoms with Gasteiger partial charge in [-0.25, -0.2) is 4.68 Å². The van der Waals surface area contributed by atoms with Crippen molar-refractivity contribution >= 4 is 0 Å². The first-order chi connectivity index (χ1) is 12.3. The van der Waals surface area contributed by atoms with E-state index >= 15 is 0 Å². The van der Waals surface area contributed by atoms with Gasteiger partial charge in [-0.15, -0.1) is 5.10 Å². The van der Waals surface area contributed by atoms with Gasteiger partial charge >= 0.3 is 0 Å². The lowest BCUT2D eigenvalue weighted by molar-refractivity contribution is -0.932. The molecule has 134 valence electrons. The Morgan fingerprint density at radius 3 is 2.44 bits per heavy atom. The monoisotopic (exact) mass is 340 g/mol. The third-order valence-electron chi connectivity index (χ3n) is 6.15. The zero-order valence-electron chi connectivity index (χ0n) is 15.3. The molecule has 5 heteroatoms. The van der Waals surface area contributed by atoms with E-state index in [9.17, 15) is 0 Å². The minimum Gasteiger partial charge on any atom is -0.322 e. The Morgan fingerprint density at radius 2 is 1.72 bits per heavy atom. The van der Waals surface area contributed by atoms with Crippen LogP contribution in [0.25, 0.3) is 0 Å². The SMILES string of the molecule is CC1CC[NH+]([C@@H](c2ccccc2)c2nnnn2C2CCCCC2)CC1. The second kappa shape index (κ2) is 7.65. The van der Waals surface area contributed by atoms with E-state index in [0.717, 1.165) is 11.7 Å². The van der Waals surface area contributed by atoms with E-state index in [1.54, 1.807) is 4.90 Å². The maximum Gasteiger partial charge on any atom is 0.214 e. The summed E-state index contributed by atoms with van der Waals surface area (Å²) in [5.74, 6) is 1.91. The quantitative estimate of drug-likeness (QED) is 0.931. The molecule has 0 unspecified atom stereocenters. The average Bonchev–Trinajstić information content (AvgIpc) is 3.14. The number of hydrogen-bond donors (Lipinski definition) is 1. The van der Waals surface area contributed by atoms with Crippen molar-refractivity contribution in [3.63, 3.8) is 0 Å². The number of piperidine rings is 1. The molecule has 1 aromatic heterocycles. The summed E-state index contributed by atoms with van der Waals surface area (Å²) in [5, 5.41) is 13.1. The molecule has 5 nitrogen and oxygen atoms in total. The molecule has 2 fully saturated rings. The maximum absolute atomic E-state index is 4.54. The minimum atomic E-state index is 0.255. The number of quaternary nitrogens is 1. The van der Waals surface area contributed by atoms with Crippen LogP contribution in [0.3, 0.4) is 0 Å². The Kier molecular flexibility index (Phi) is 5.11. The third kappa shape index (κ3) is 3.61. The Labute approximate surface area is 150 Å². The Balaban J connectivity index is 1.68.